The van der Waals surface area contributed by atoms with Gasteiger partial charge in [-0.3, -0.25) is 0 Å². The van der Waals surface area contributed by atoms with E-state index in [-0.39, 0.29) is 13.8 Å². The molecule has 0 bridgehead atoms. The van der Waals surface area contributed by atoms with Crippen molar-refractivity contribution in [3.05, 3.63) is 0 Å². The molecule has 0 saturated carbocycles. The van der Waals surface area contributed by atoms with Crippen LogP contribution in [0.4, 0.5) is 52.7 Å². The standard InChI is InChI=1S/C9H20.2C4H4F6O/c1-4-6-8-9(3)7-5-2;2*1-2(11,3(5,6)7)4(8,9)10/h9H,4-8H2,1-3H3;2*11H,1H3. The molecule has 0 rings (SSSR count). The fraction of sp³-hybridized carbons (Fsp3) is 1.00. The molecule has 0 heterocycles. The molecule has 2 N–H and O–H groups in total. The first-order valence-electron chi connectivity index (χ1n) is 9.02. The van der Waals surface area contributed by atoms with Gasteiger partial charge in [-0.05, 0) is 19.8 Å². The van der Waals surface area contributed by atoms with E-state index in [0.717, 1.165) is 5.92 Å². The minimum absolute atomic E-state index is 0.340. The van der Waals surface area contributed by atoms with Crippen molar-refractivity contribution in [1.82, 2.24) is 0 Å². The Labute approximate surface area is 172 Å². The monoisotopic (exact) mass is 492 g/mol. The minimum Gasteiger partial charge on any atom is -0.374 e. The molecule has 1 unspecified atom stereocenters. The third kappa shape index (κ3) is 12.0. The number of hydrogen-bond acceptors (Lipinski definition) is 2. The Morgan fingerprint density at radius 1 is 0.548 bits per heavy atom. The van der Waals surface area contributed by atoms with Crippen molar-refractivity contribution < 1.29 is 62.9 Å². The normalized spacial score (nSPS) is 14.8. The van der Waals surface area contributed by atoms with Gasteiger partial charge in [0.25, 0.3) is 11.2 Å². The van der Waals surface area contributed by atoms with Gasteiger partial charge >= 0.3 is 24.7 Å². The maximum absolute atomic E-state index is 11.4. The average Bonchev–Trinajstić information content (AvgIpc) is 2.50. The van der Waals surface area contributed by atoms with Crippen molar-refractivity contribution in [2.75, 3.05) is 0 Å². The molecule has 2 nitrogen and oxygen atoms in total. The lowest BCUT2D eigenvalue weighted by molar-refractivity contribution is -0.361. The number of hydrogen-bond donors (Lipinski definition) is 2. The van der Waals surface area contributed by atoms with Gasteiger partial charge in [-0.25, -0.2) is 0 Å². The first kappa shape index (κ1) is 34.7. The molecule has 0 aliphatic rings. The van der Waals surface area contributed by atoms with Gasteiger partial charge in [0.2, 0.25) is 0 Å². The summed E-state index contributed by atoms with van der Waals surface area (Å²) in [4.78, 5) is 0. The van der Waals surface area contributed by atoms with Gasteiger partial charge in [0.1, 0.15) is 0 Å². The zero-order chi connectivity index (χ0) is 26.1. The van der Waals surface area contributed by atoms with E-state index in [1.807, 2.05) is 0 Å². The van der Waals surface area contributed by atoms with E-state index in [2.05, 4.69) is 20.8 Å². The zero-order valence-electron chi connectivity index (χ0n) is 17.5. The van der Waals surface area contributed by atoms with Gasteiger partial charge in [0, 0.05) is 0 Å². The fourth-order valence-electron chi connectivity index (χ4n) is 1.51. The van der Waals surface area contributed by atoms with Crippen molar-refractivity contribution in [3.63, 3.8) is 0 Å². The molecule has 192 valence electrons. The lowest BCUT2D eigenvalue weighted by atomic mass is 10.00. The summed E-state index contributed by atoms with van der Waals surface area (Å²) in [5, 5.41) is 15.9. The highest BCUT2D eigenvalue weighted by Crippen LogP contribution is 2.43. The zero-order valence-corrected chi connectivity index (χ0v) is 17.5. The molecule has 0 radical (unpaired) electrons. The largest absolute Gasteiger partial charge is 0.425 e. The molecular formula is C17H28F12O2. The van der Waals surface area contributed by atoms with Crippen molar-refractivity contribution in [2.45, 2.75) is 103 Å². The van der Waals surface area contributed by atoms with E-state index in [4.69, 9.17) is 10.2 Å². The summed E-state index contributed by atoms with van der Waals surface area (Å²) in [5.41, 5.74) is -9.25. The van der Waals surface area contributed by atoms with Gasteiger partial charge in [0.05, 0.1) is 0 Å². The van der Waals surface area contributed by atoms with E-state index >= 15 is 0 Å². The number of aliphatic hydroxyl groups is 2. The van der Waals surface area contributed by atoms with Crippen LogP contribution in [0.25, 0.3) is 0 Å². The quantitative estimate of drug-likeness (QED) is 0.395. The molecule has 31 heavy (non-hydrogen) atoms. The van der Waals surface area contributed by atoms with Crippen molar-refractivity contribution in [1.29, 1.82) is 0 Å². The van der Waals surface area contributed by atoms with Gasteiger partial charge in [-0.15, -0.1) is 0 Å². The highest BCUT2D eigenvalue weighted by Gasteiger charge is 2.67. The van der Waals surface area contributed by atoms with Crippen LogP contribution in [0, 0.1) is 5.92 Å². The topological polar surface area (TPSA) is 40.5 Å². The van der Waals surface area contributed by atoms with Gasteiger partial charge in [-0.1, -0.05) is 52.9 Å². The summed E-state index contributed by atoms with van der Waals surface area (Å²) in [6, 6.07) is 0. The summed E-state index contributed by atoms with van der Waals surface area (Å²) in [6.45, 7) is 6.21. The van der Waals surface area contributed by atoms with E-state index in [0.29, 0.717) is 0 Å². The molecule has 0 fully saturated rings. The molecule has 14 heteroatoms. The van der Waals surface area contributed by atoms with E-state index in [1.165, 1.54) is 32.1 Å². The van der Waals surface area contributed by atoms with Crippen LogP contribution in [0.5, 0.6) is 0 Å². The summed E-state index contributed by atoms with van der Waals surface area (Å²) >= 11 is 0. The van der Waals surface area contributed by atoms with E-state index < -0.39 is 35.9 Å². The Morgan fingerprint density at radius 3 is 0.935 bits per heavy atom. The minimum atomic E-state index is -5.69. The number of halogens is 12. The van der Waals surface area contributed by atoms with E-state index in [1.54, 1.807) is 0 Å². The maximum Gasteiger partial charge on any atom is 0.425 e. The molecule has 0 amide bonds. The second-order valence-electron chi connectivity index (χ2n) is 7.17. The molecule has 0 saturated heterocycles. The smallest absolute Gasteiger partial charge is 0.374 e. The molecular weight excluding hydrogens is 464 g/mol. The maximum atomic E-state index is 11.4. The van der Waals surface area contributed by atoms with Crippen LogP contribution < -0.4 is 0 Å². The lowest BCUT2D eigenvalue weighted by Crippen LogP contribution is -2.54. The molecule has 0 aromatic heterocycles. The van der Waals surface area contributed by atoms with Gasteiger partial charge in [0.15, 0.2) is 0 Å². The van der Waals surface area contributed by atoms with Crippen LogP contribution in [0.2, 0.25) is 0 Å². The predicted molar refractivity (Wildman–Crippen MR) is 89.1 cm³/mol. The highest BCUT2D eigenvalue weighted by molar-refractivity contribution is 4.89. The van der Waals surface area contributed by atoms with Gasteiger partial charge < -0.3 is 10.2 Å². The average molecular weight is 492 g/mol. The Morgan fingerprint density at radius 2 is 0.806 bits per heavy atom. The first-order chi connectivity index (χ1) is 13.3. The number of alkyl halides is 12. The molecule has 0 spiro atoms. The van der Waals surface area contributed by atoms with Crippen molar-refractivity contribution >= 4 is 0 Å². The predicted octanol–water partition coefficient (Wildman–Crippen LogP) is 7.34. The van der Waals surface area contributed by atoms with Crippen LogP contribution in [0.15, 0.2) is 0 Å². The summed E-state index contributed by atoms with van der Waals surface area (Å²) in [6.07, 6.45) is -15.8. The van der Waals surface area contributed by atoms with Crippen LogP contribution >= 0.6 is 0 Å². The summed E-state index contributed by atoms with van der Waals surface area (Å²) < 4.78 is 136. The Bertz CT molecular complexity index is 405. The number of unbranched alkanes of at least 4 members (excludes halogenated alkanes) is 1. The highest BCUT2D eigenvalue weighted by atomic mass is 19.4. The van der Waals surface area contributed by atoms with Crippen molar-refractivity contribution in [3.8, 4) is 0 Å². The molecule has 0 aromatic carbocycles. The SMILES string of the molecule is CC(O)(C(F)(F)F)C(F)(F)F.CC(O)(C(F)(F)F)C(F)(F)F.CCCCC(C)CCC. The van der Waals surface area contributed by atoms with Crippen molar-refractivity contribution in [2.24, 2.45) is 5.92 Å². The third-order valence-electron chi connectivity index (χ3n) is 4.04. The first-order valence-corrected chi connectivity index (χ1v) is 9.02. The number of rotatable bonds is 5. The summed E-state index contributed by atoms with van der Waals surface area (Å²) in [7, 11) is 0. The summed E-state index contributed by atoms with van der Waals surface area (Å²) in [5.74, 6) is 0.968. The van der Waals surface area contributed by atoms with Crippen LogP contribution in [0.1, 0.15) is 66.7 Å². The van der Waals surface area contributed by atoms with Crippen LogP contribution in [0.3, 0.4) is 0 Å². The Hall–Kier alpha value is -0.920. The second kappa shape index (κ2) is 12.4. The Kier molecular flexibility index (Phi) is 13.8. The lowest BCUT2D eigenvalue weighted by Gasteiger charge is -2.28. The van der Waals surface area contributed by atoms with Gasteiger partial charge in [-0.2, -0.15) is 52.7 Å². The second-order valence-corrected chi connectivity index (χ2v) is 7.17. The Balaban J connectivity index is -0.000000382. The molecule has 1 atom stereocenters. The molecule has 0 aliphatic carbocycles. The van der Waals surface area contributed by atoms with Crippen LogP contribution in [-0.2, 0) is 0 Å². The third-order valence-corrected chi connectivity index (χ3v) is 4.04. The fourth-order valence-corrected chi connectivity index (χ4v) is 1.51. The molecule has 0 aliphatic heterocycles. The van der Waals surface area contributed by atoms with Crippen LogP contribution in [-0.4, -0.2) is 46.1 Å². The van der Waals surface area contributed by atoms with E-state index in [9.17, 15) is 52.7 Å². The molecule has 0 aromatic rings.